The van der Waals surface area contributed by atoms with Gasteiger partial charge in [-0.15, -0.1) is 0 Å². The Morgan fingerprint density at radius 3 is 2.07 bits per heavy atom. The molecule has 0 fully saturated rings. The van der Waals surface area contributed by atoms with Crippen molar-refractivity contribution in [1.29, 1.82) is 0 Å². The second kappa shape index (κ2) is 9.71. The van der Waals surface area contributed by atoms with Gasteiger partial charge in [-0.2, -0.15) is 0 Å². The number of Topliss-reactive ketones (excluding diaryl/α,β-unsaturated/α-hetero) is 1. The van der Waals surface area contributed by atoms with Crippen molar-refractivity contribution in [2.75, 3.05) is 0 Å². The van der Waals surface area contributed by atoms with E-state index in [0.29, 0.717) is 6.42 Å². The molecule has 0 heterocycles. The lowest BCUT2D eigenvalue weighted by Gasteiger charge is -2.29. The van der Waals surface area contributed by atoms with Crippen LogP contribution in [0.1, 0.15) is 60.5 Å². The van der Waals surface area contributed by atoms with Crippen molar-refractivity contribution in [3.8, 4) is 0 Å². The van der Waals surface area contributed by atoms with E-state index >= 15 is 0 Å². The molecule has 156 valence electrons. The summed E-state index contributed by atoms with van der Waals surface area (Å²) < 4.78 is 10.6. The summed E-state index contributed by atoms with van der Waals surface area (Å²) in [4.78, 5) is 37.8. The molecule has 1 aromatic carbocycles. The van der Waals surface area contributed by atoms with E-state index in [1.165, 1.54) is 13.8 Å². The average molecular weight is 392 g/mol. The number of alkyl carbamates (subject to hydrolysis) is 1. The summed E-state index contributed by atoms with van der Waals surface area (Å²) in [6.07, 6.45) is -0.284. The molecule has 28 heavy (non-hydrogen) atoms. The molecule has 1 N–H and O–H groups in total. The van der Waals surface area contributed by atoms with Crippen LogP contribution in [0.25, 0.3) is 0 Å². The Hall–Kier alpha value is -2.37. The second-order valence-corrected chi connectivity index (χ2v) is 8.88. The van der Waals surface area contributed by atoms with E-state index < -0.39 is 34.9 Å². The van der Waals surface area contributed by atoms with Gasteiger partial charge in [0, 0.05) is 0 Å². The van der Waals surface area contributed by atoms with Gasteiger partial charge < -0.3 is 14.8 Å². The minimum atomic E-state index is -1.40. The Bertz CT molecular complexity index is 674. The molecule has 0 aliphatic carbocycles. The third kappa shape index (κ3) is 7.71. The van der Waals surface area contributed by atoms with E-state index in [1.807, 2.05) is 44.2 Å². The highest BCUT2D eigenvalue weighted by molar-refractivity contribution is 6.06. The van der Waals surface area contributed by atoms with Gasteiger partial charge in [-0.05, 0) is 52.5 Å². The zero-order valence-corrected chi connectivity index (χ0v) is 18.0. The highest BCUT2D eigenvalue weighted by Gasteiger charge is 2.42. The van der Waals surface area contributed by atoms with Crippen molar-refractivity contribution in [3.05, 3.63) is 35.9 Å². The van der Waals surface area contributed by atoms with Gasteiger partial charge in [-0.1, -0.05) is 44.2 Å². The van der Waals surface area contributed by atoms with Crippen molar-refractivity contribution >= 4 is 17.8 Å². The zero-order chi connectivity index (χ0) is 21.5. The van der Waals surface area contributed by atoms with Gasteiger partial charge in [-0.25, -0.2) is 4.79 Å². The van der Waals surface area contributed by atoms with Crippen molar-refractivity contribution in [1.82, 2.24) is 5.32 Å². The molecule has 1 atom stereocenters. The fraction of sp³-hybridized carbons (Fsp3) is 0.591. The highest BCUT2D eigenvalue weighted by Crippen LogP contribution is 2.24. The first-order valence-electron chi connectivity index (χ1n) is 9.58. The van der Waals surface area contributed by atoms with Crippen LogP contribution in [0, 0.1) is 11.3 Å². The molecule has 0 saturated heterocycles. The van der Waals surface area contributed by atoms with Crippen LogP contribution in [0.5, 0.6) is 0 Å². The van der Waals surface area contributed by atoms with Gasteiger partial charge in [0.15, 0.2) is 5.78 Å². The number of rotatable bonds is 8. The van der Waals surface area contributed by atoms with Crippen LogP contribution in [-0.2, 0) is 25.7 Å². The number of hydrogen-bond donors (Lipinski definition) is 1. The Labute approximate surface area is 168 Å². The standard InChI is InChI=1S/C22H33NO5/c1-15(2)13-17(23-20(26)28-21(3,4)5)18(24)22(6,7)19(25)27-14-16-11-9-8-10-12-16/h8-12,15,17H,13-14H2,1-7H3,(H,23,26)/t17-/m0/s1. The van der Waals surface area contributed by atoms with E-state index in [4.69, 9.17) is 9.47 Å². The third-order valence-electron chi connectivity index (χ3n) is 4.05. The lowest BCUT2D eigenvalue weighted by molar-refractivity contribution is -0.160. The van der Waals surface area contributed by atoms with Gasteiger partial charge in [0.1, 0.15) is 17.6 Å². The third-order valence-corrected chi connectivity index (χ3v) is 4.05. The number of nitrogens with one attached hydrogen (secondary N) is 1. The van der Waals surface area contributed by atoms with Crippen molar-refractivity contribution in [3.63, 3.8) is 0 Å². The number of carbonyl (C=O) groups is 3. The molecule has 0 bridgehead atoms. The van der Waals surface area contributed by atoms with Crippen molar-refractivity contribution < 1.29 is 23.9 Å². The molecule has 0 saturated carbocycles. The Morgan fingerprint density at radius 1 is 1.00 bits per heavy atom. The summed E-state index contributed by atoms with van der Waals surface area (Å²) in [5, 5.41) is 2.62. The summed E-state index contributed by atoms with van der Waals surface area (Å²) >= 11 is 0. The summed E-state index contributed by atoms with van der Waals surface area (Å²) in [6, 6.07) is 8.42. The van der Waals surface area contributed by atoms with Crippen LogP contribution in [0.3, 0.4) is 0 Å². The maximum atomic E-state index is 13.1. The Kier molecular flexibility index (Phi) is 8.21. The zero-order valence-electron chi connectivity index (χ0n) is 18.0. The first-order valence-corrected chi connectivity index (χ1v) is 9.58. The normalized spacial score (nSPS) is 13.0. The second-order valence-electron chi connectivity index (χ2n) is 8.88. The molecular formula is C22H33NO5. The number of esters is 1. The average Bonchev–Trinajstić information content (AvgIpc) is 2.57. The number of hydrogen-bond acceptors (Lipinski definition) is 5. The predicted molar refractivity (Wildman–Crippen MR) is 108 cm³/mol. The first kappa shape index (κ1) is 23.7. The predicted octanol–water partition coefficient (Wildman–Crippen LogP) is 4.26. The first-order chi connectivity index (χ1) is 12.8. The number of ketones is 1. The lowest BCUT2D eigenvalue weighted by Crippen LogP contribution is -2.51. The van der Waals surface area contributed by atoms with E-state index in [0.717, 1.165) is 5.56 Å². The molecule has 0 spiro atoms. The minimum absolute atomic E-state index is 0.0880. The van der Waals surface area contributed by atoms with E-state index in [1.54, 1.807) is 20.8 Å². The summed E-state index contributed by atoms with van der Waals surface area (Å²) in [5.41, 5.74) is -1.24. The van der Waals surface area contributed by atoms with Crippen LogP contribution in [0.4, 0.5) is 4.79 Å². The number of amides is 1. The van der Waals surface area contributed by atoms with Crippen LogP contribution < -0.4 is 5.32 Å². The van der Waals surface area contributed by atoms with Gasteiger partial charge in [0.05, 0.1) is 6.04 Å². The fourth-order valence-corrected chi connectivity index (χ4v) is 2.59. The fourth-order valence-electron chi connectivity index (χ4n) is 2.59. The van der Waals surface area contributed by atoms with Crippen LogP contribution >= 0.6 is 0 Å². The lowest BCUT2D eigenvalue weighted by atomic mass is 9.82. The maximum Gasteiger partial charge on any atom is 0.408 e. The summed E-state index contributed by atoms with van der Waals surface area (Å²) in [6.45, 7) is 12.3. The van der Waals surface area contributed by atoms with Gasteiger partial charge >= 0.3 is 12.1 Å². The molecule has 0 aliphatic heterocycles. The Morgan fingerprint density at radius 2 is 1.57 bits per heavy atom. The monoisotopic (exact) mass is 391 g/mol. The molecule has 0 radical (unpaired) electrons. The SMILES string of the molecule is CC(C)C[C@H](NC(=O)OC(C)(C)C)C(=O)C(C)(C)C(=O)OCc1ccccc1. The molecule has 0 aromatic heterocycles. The molecule has 1 amide bonds. The van der Waals surface area contributed by atoms with Crippen molar-refractivity contribution in [2.45, 2.75) is 73.1 Å². The molecule has 1 aromatic rings. The molecule has 6 heteroatoms. The smallest absolute Gasteiger partial charge is 0.408 e. The highest BCUT2D eigenvalue weighted by atomic mass is 16.6. The quantitative estimate of drug-likeness (QED) is 0.529. The summed E-state index contributed by atoms with van der Waals surface area (Å²) in [5.74, 6) is -0.883. The number of benzene rings is 1. The molecule has 0 unspecified atom stereocenters. The van der Waals surface area contributed by atoms with Gasteiger partial charge in [0.2, 0.25) is 0 Å². The summed E-state index contributed by atoms with van der Waals surface area (Å²) in [7, 11) is 0. The van der Waals surface area contributed by atoms with E-state index in [9.17, 15) is 14.4 Å². The molecule has 6 nitrogen and oxygen atoms in total. The van der Waals surface area contributed by atoms with E-state index in [2.05, 4.69) is 5.32 Å². The van der Waals surface area contributed by atoms with Crippen molar-refractivity contribution in [2.24, 2.45) is 11.3 Å². The largest absolute Gasteiger partial charge is 0.460 e. The molecule has 0 aliphatic rings. The number of ether oxygens (including phenoxy) is 2. The molecule has 1 rings (SSSR count). The Balaban J connectivity index is 2.85. The maximum absolute atomic E-state index is 13.1. The van der Waals surface area contributed by atoms with Crippen LogP contribution in [0.15, 0.2) is 30.3 Å². The van der Waals surface area contributed by atoms with Crippen LogP contribution in [0.2, 0.25) is 0 Å². The van der Waals surface area contributed by atoms with E-state index in [-0.39, 0.29) is 12.5 Å². The topological polar surface area (TPSA) is 81.7 Å². The van der Waals surface area contributed by atoms with Gasteiger partial charge in [-0.3, -0.25) is 9.59 Å². The minimum Gasteiger partial charge on any atom is -0.460 e. The van der Waals surface area contributed by atoms with Gasteiger partial charge in [0.25, 0.3) is 0 Å². The van der Waals surface area contributed by atoms with Crippen LogP contribution in [-0.4, -0.2) is 29.5 Å². The number of carbonyl (C=O) groups excluding carboxylic acids is 3. The molecular weight excluding hydrogens is 358 g/mol.